The molecule has 128 valence electrons. The molecule has 0 bridgehead atoms. The summed E-state index contributed by atoms with van der Waals surface area (Å²) < 4.78 is 5.51. The third kappa shape index (κ3) is 2.88. The van der Waals surface area contributed by atoms with Crippen LogP contribution in [0, 0.1) is 0 Å². The second-order valence-electron chi connectivity index (χ2n) is 5.72. The van der Waals surface area contributed by atoms with Crippen LogP contribution in [-0.2, 0) is 0 Å². The van der Waals surface area contributed by atoms with E-state index in [9.17, 15) is 0 Å². The zero-order valence-corrected chi connectivity index (χ0v) is 14.2. The number of nitrogens with two attached hydrogens (primary N) is 1. The molecule has 3 heterocycles. The Balaban J connectivity index is 1.95. The molecule has 1 aromatic carbocycles. The van der Waals surface area contributed by atoms with Gasteiger partial charge < -0.3 is 15.5 Å². The van der Waals surface area contributed by atoms with Gasteiger partial charge in [0, 0.05) is 35.8 Å². The summed E-state index contributed by atoms with van der Waals surface area (Å²) >= 11 is 0. The summed E-state index contributed by atoms with van der Waals surface area (Å²) in [4.78, 5) is 16.6. The molecule has 0 unspecified atom stereocenters. The molecule has 0 spiro atoms. The van der Waals surface area contributed by atoms with Gasteiger partial charge in [-0.05, 0) is 12.1 Å². The second-order valence-corrected chi connectivity index (χ2v) is 5.72. The number of hydrogen-bond donors (Lipinski definition) is 2. The number of hydrogen-bond acceptors (Lipinski definition) is 5. The fourth-order valence-electron chi connectivity index (χ4n) is 2.83. The molecule has 4 rings (SSSR count). The van der Waals surface area contributed by atoms with Crippen LogP contribution in [-0.4, -0.2) is 27.0 Å². The summed E-state index contributed by atoms with van der Waals surface area (Å²) in [6.45, 7) is 0. The van der Waals surface area contributed by atoms with Gasteiger partial charge in [-0.25, -0.2) is 9.97 Å². The van der Waals surface area contributed by atoms with Crippen molar-refractivity contribution in [2.24, 2.45) is 0 Å². The number of anilines is 1. The largest absolute Gasteiger partial charge is 0.496 e. The topological polar surface area (TPSA) is 89.7 Å². The van der Waals surface area contributed by atoms with Crippen LogP contribution < -0.4 is 10.5 Å². The lowest BCUT2D eigenvalue weighted by Gasteiger charge is -2.09. The maximum atomic E-state index is 5.80. The lowest BCUT2D eigenvalue weighted by Crippen LogP contribution is -1.95. The number of pyridine rings is 2. The molecule has 0 amide bonds. The van der Waals surface area contributed by atoms with Gasteiger partial charge in [-0.2, -0.15) is 0 Å². The van der Waals surface area contributed by atoms with Crippen LogP contribution in [0.4, 0.5) is 5.82 Å². The standard InChI is InChI=1S/C20H17N5O/c1-26-16-11-17(21)23-12-15(16)19-18(13-7-9-22-10-8-13)24-20(25-19)14-5-3-2-4-6-14/h2-12H,1H3,(H2,21,23)(H,24,25). The van der Waals surface area contributed by atoms with Crippen molar-refractivity contribution in [2.45, 2.75) is 0 Å². The molecular formula is C20H17N5O. The molecule has 3 aromatic heterocycles. The Morgan fingerprint density at radius 3 is 2.50 bits per heavy atom. The maximum absolute atomic E-state index is 5.80. The molecule has 4 aromatic rings. The van der Waals surface area contributed by atoms with Gasteiger partial charge in [-0.3, -0.25) is 4.98 Å². The predicted octanol–water partition coefficient (Wildman–Crippen LogP) is 3.79. The van der Waals surface area contributed by atoms with E-state index in [0.29, 0.717) is 11.6 Å². The highest BCUT2D eigenvalue weighted by Gasteiger charge is 2.18. The average Bonchev–Trinajstić information content (AvgIpc) is 3.14. The van der Waals surface area contributed by atoms with Gasteiger partial charge in [0.1, 0.15) is 17.4 Å². The number of nitrogen functional groups attached to an aromatic ring is 1. The van der Waals surface area contributed by atoms with E-state index in [4.69, 9.17) is 15.5 Å². The smallest absolute Gasteiger partial charge is 0.138 e. The summed E-state index contributed by atoms with van der Waals surface area (Å²) in [6.07, 6.45) is 5.18. The Bertz CT molecular complexity index is 1030. The monoisotopic (exact) mass is 343 g/mol. The Morgan fingerprint density at radius 2 is 1.77 bits per heavy atom. The van der Waals surface area contributed by atoms with Crippen molar-refractivity contribution in [3.8, 4) is 39.7 Å². The number of methoxy groups -OCH3 is 1. The first-order chi connectivity index (χ1) is 12.8. The second kappa shape index (κ2) is 6.68. The lowest BCUT2D eigenvalue weighted by molar-refractivity contribution is 0.416. The van der Waals surface area contributed by atoms with E-state index < -0.39 is 0 Å². The quantitative estimate of drug-likeness (QED) is 0.588. The van der Waals surface area contributed by atoms with Crippen molar-refractivity contribution in [1.82, 2.24) is 19.9 Å². The number of nitrogens with zero attached hydrogens (tertiary/aromatic N) is 3. The number of aromatic nitrogens is 4. The highest BCUT2D eigenvalue weighted by Crippen LogP contribution is 2.37. The number of aromatic amines is 1. The molecule has 0 aliphatic rings. The number of imidazole rings is 1. The molecular weight excluding hydrogens is 326 g/mol. The minimum atomic E-state index is 0.402. The van der Waals surface area contributed by atoms with Crippen LogP contribution in [0.15, 0.2) is 67.1 Å². The van der Waals surface area contributed by atoms with E-state index >= 15 is 0 Å². The minimum Gasteiger partial charge on any atom is -0.496 e. The van der Waals surface area contributed by atoms with E-state index in [1.807, 2.05) is 42.5 Å². The van der Waals surface area contributed by atoms with Gasteiger partial charge in [-0.1, -0.05) is 30.3 Å². The van der Waals surface area contributed by atoms with Crippen LogP contribution in [0.3, 0.4) is 0 Å². The zero-order valence-electron chi connectivity index (χ0n) is 14.2. The third-order valence-electron chi connectivity index (χ3n) is 4.08. The molecule has 0 atom stereocenters. The Morgan fingerprint density at radius 1 is 1.00 bits per heavy atom. The summed E-state index contributed by atoms with van der Waals surface area (Å²) in [7, 11) is 1.61. The number of benzene rings is 1. The molecule has 0 fully saturated rings. The van der Waals surface area contributed by atoms with Crippen LogP contribution in [0.5, 0.6) is 5.75 Å². The van der Waals surface area contributed by atoms with Crippen LogP contribution in [0.2, 0.25) is 0 Å². The Kier molecular flexibility index (Phi) is 4.07. The highest BCUT2D eigenvalue weighted by molar-refractivity contribution is 5.83. The molecule has 0 aliphatic carbocycles. The molecule has 6 heteroatoms. The summed E-state index contributed by atoms with van der Waals surface area (Å²) in [5, 5.41) is 0. The van der Waals surface area contributed by atoms with Crippen molar-refractivity contribution < 1.29 is 4.74 Å². The first-order valence-electron chi connectivity index (χ1n) is 8.12. The summed E-state index contributed by atoms with van der Waals surface area (Å²) in [5.74, 6) is 1.81. The van der Waals surface area contributed by atoms with Gasteiger partial charge in [0.25, 0.3) is 0 Å². The van der Waals surface area contributed by atoms with E-state index in [1.54, 1.807) is 31.8 Å². The zero-order chi connectivity index (χ0) is 17.9. The average molecular weight is 343 g/mol. The molecule has 0 saturated heterocycles. The van der Waals surface area contributed by atoms with E-state index in [-0.39, 0.29) is 0 Å². The molecule has 0 aliphatic heterocycles. The van der Waals surface area contributed by atoms with Crippen molar-refractivity contribution in [3.05, 3.63) is 67.1 Å². The molecule has 6 nitrogen and oxygen atoms in total. The summed E-state index contributed by atoms with van der Waals surface area (Å²) in [5.41, 5.74) is 10.2. The lowest BCUT2D eigenvalue weighted by atomic mass is 10.1. The Hall–Kier alpha value is -3.67. The first kappa shape index (κ1) is 15.8. The van der Waals surface area contributed by atoms with Gasteiger partial charge in [0.15, 0.2) is 0 Å². The highest BCUT2D eigenvalue weighted by atomic mass is 16.5. The molecule has 0 saturated carbocycles. The predicted molar refractivity (Wildman–Crippen MR) is 101 cm³/mol. The van der Waals surface area contributed by atoms with Gasteiger partial charge in [-0.15, -0.1) is 0 Å². The molecule has 3 N–H and O–H groups in total. The minimum absolute atomic E-state index is 0.402. The number of nitrogens with one attached hydrogen (secondary N) is 1. The SMILES string of the molecule is COc1cc(N)ncc1-c1[nH]c(-c2ccccc2)nc1-c1ccncc1. The normalized spacial score (nSPS) is 10.7. The number of H-pyrrole nitrogens is 1. The van der Waals surface area contributed by atoms with Gasteiger partial charge >= 0.3 is 0 Å². The van der Waals surface area contributed by atoms with E-state index in [2.05, 4.69) is 15.0 Å². The van der Waals surface area contributed by atoms with E-state index in [1.165, 1.54) is 0 Å². The maximum Gasteiger partial charge on any atom is 0.138 e. The molecule has 26 heavy (non-hydrogen) atoms. The van der Waals surface area contributed by atoms with Crippen molar-refractivity contribution in [2.75, 3.05) is 12.8 Å². The van der Waals surface area contributed by atoms with Gasteiger partial charge in [0.05, 0.1) is 24.1 Å². The summed E-state index contributed by atoms with van der Waals surface area (Å²) in [6, 6.07) is 15.5. The van der Waals surface area contributed by atoms with Crippen molar-refractivity contribution in [1.29, 1.82) is 0 Å². The number of rotatable bonds is 4. The third-order valence-corrected chi connectivity index (χ3v) is 4.08. The fourth-order valence-corrected chi connectivity index (χ4v) is 2.83. The fraction of sp³-hybridized carbons (Fsp3) is 0.0500. The van der Waals surface area contributed by atoms with Crippen LogP contribution in [0.25, 0.3) is 33.9 Å². The van der Waals surface area contributed by atoms with Crippen LogP contribution in [0.1, 0.15) is 0 Å². The van der Waals surface area contributed by atoms with Crippen molar-refractivity contribution >= 4 is 5.82 Å². The number of ether oxygens (including phenoxy) is 1. The van der Waals surface area contributed by atoms with Crippen LogP contribution >= 0.6 is 0 Å². The van der Waals surface area contributed by atoms with E-state index in [0.717, 1.165) is 33.9 Å². The van der Waals surface area contributed by atoms with Crippen molar-refractivity contribution in [3.63, 3.8) is 0 Å². The Labute approximate surface area is 150 Å². The van der Waals surface area contributed by atoms with Gasteiger partial charge in [0.2, 0.25) is 0 Å². The first-order valence-corrected chi connectivity index (χ1v) is 8.12. The molecule has 0 radical (unpaired) electrons.